The molecule has 10 heteroatoms. The Morgan fingerprint density at radius 2 is 2.12 bits per heavy atom. The largest absolute Gasteiger partial charge is 0.408 e. The second kappa shape index (κ2) is 5.55. The van der Waals surface area contributed by atoms with Crippen LogP contribution in [0.5, 0.6) is 0 Å². The van der Waals surface area contributed by atoms with Crippen LogP contribution in [0.1, 0.15) is 12.2 Å². The fraction of sp³-hybridized carbons (Fsp3) is 0.357. The van der Waals surface area contributed by atoms with E-state index in [9.17, 15) is 23.1 Å². The number of carbonyl (C=O) groups excluding carboxylic acids is 1. The lowest BCUT2D eigenvalue weighted by atomic mass is 9.96. The molecule has 1 N–H and O–H groups in total. The van der Waals surface area contributed by atoms with Crippen molar-refractivity contribution in [1.29, 1.82) is 0 Å². The van der Waals surface area contributed by atoms with Crippen LogP contribution in [-0.2, 0) is 10.4 Å². The first-order chi connectivity index (χ1) is 11.1. The first-order valence-corrected chi connectivity index (χ1v) is 7.59. The summed E-state index contributed by atoms with van der Waals surface area (Å²) in [7, 11) is 0.992. The molecule has 0 bridgehead atoms. The normalized spacial score (nSPS) is 24.7. The van der Waals surface area contributed by atoms with Crippen molar-refractivity contribution in [3.05, 3.63) is 34.6 Å². The number of alkyl halides is 3. The van der Waals surface area contributed by atoms with E-state index in [1.54, 1.807) is 18.2 Å². The molecule has 1 fully saturated rings. The van der Waals surface area contributed by atoms with Crippen molar-refractivity contribution in [3.8, 4) is 11.4 Å². The third kappa shape index (κ3) is 2.69. The number of aliphatic hydroxyl groups is 1. The van der Waals surface area contributed by atoms with Crippen LogP contribution in [0.4, 0.5) is 13.2 Å². The Labute approximate surface area is 142 Å². The molecular weight excluding hydrogens is 395 g/mol. The Kier molecular flexibility index (Phi) is 3.91. The lowest BCUT2D eigenvalue weighted by Crippen LogP contribution is -2.41. The van der Waals surface area contributed by atoms with Crippen LogP contribution >= 0.6 is 15.9 Å². The SMILES string of the molecule is CN1C(=O)[C@](O)(c2cc(-c3cccc(Br)n3)no2)C[C@H]1C(F)(F)F. The predicted molar refractivity (Wildman–Crippen MR) is 78.6 cm³/mol. The van der Waals surface area contributed by atoms with E-state index in [0.29, 0.717) is 15.2 Å². The van der Waals surface area contributed by atoms with Crippen molar-refractivity contribution in [3.63, 3.8) is 0 Å². The highest BCUT2D eigenvalue weighted by Gasteiger charge is 2.60. The van der Waals surface area contributed by atoms with Gasteiger partial charge in [-0.3, -0.25) is 4.79 Å². The van der Waals surface area contributed by atoms with E-state index in [2.05, 4.69) is 26.1 Å². The monoisotopic (exact) mass is 405 g/mol. The van der Waals surface area contributed by atoms with E-state index >= 15 is 0 Å². The van der Waals surface area contributed by atoms with E-state index in [-0.39, 0.29) is 11.5 Å². The van der Waals surface area contributed by atoms with Crippen molar-refractivity contribution >= 4 is 21.8 Å². The van der Waals surface area contributed by atoms with Gasteiger partial charge in [-0.25, -0.2) is 4.98 Å². The number of nitrogens with zero attached hydrogens (tertiary/aromatic N) is 3. The van der Waals surface area contributed by atoms with Gasteiger partial charge in [0.1, 0.15) is 16.3 Å². The third-order valence-electron chi connectivity index (χ3n) is 3.90. The molecule has 3 heterocycles. The molecule has 128 valence electrons. The Bertz CT molecular complexity index is 795. The molecule has 0 radical (unpaired) electrons. The minimum absolute atomic E-state index is 0.200. The second-order valence-electron chi connectivity index (χ2n) is 5.46. The fourth-order valence-electron chi connectivity index (χ4n) is 2.62. The van der Waals surface area contributed by atoms with Crippen molar-refractivity contribution in [2.75, 3.05) is 7.05 Å². The molecule has 3 rings (SSSR count). The molecule has 0 aromatic carbocycles. The van der Waals surface area contributed by atoms with Crippen LogP contribution in [0.2, 0.25) is 0 Å². The van der Waals surface area contributed by atoms with Gasteiger partial charge in [-0.05, 0) is 28.1 Å². The van der Waals surface area contributed by atoms with E-state index in [1.165, 1.54) is 6.07 Å². The number of rotatable bonds is 2. The van der Waals surface area contributed by atoms with Gasteiger partial charge in [-0.1, -0.05) is 11.2 Å². The van der Waals surface area contributed by atoms with Gasteiger partial charge in [0.25, 0.3) is 5.91 Å². The smallest absolute Gasteiger partial charge is 0.373 e. The highest BCUT2D eigenvalue weighted by Crippen LogP contribution is 2.43. The molecule has 2 aromatic heterocycles. The van der Waals surface area contributed by atoms with Gasteiger partial charge in [-0.15, -0.1) is 0 Å². The van der Waals surface area contributed by atoms with Crippen LogP contribution in [0, 0.1) is 0 Å². The number of pyridine rings is 1. The Hall–Kier alpha value is -1.94. The summed E-state index contributed by atoms with van der Waals surface area (Å²) in [6, 6.07) is 4.11. The quantitative estimate of drug-likeness (QED) is 0.776. The number of hydrogen-bond donors (Lipinski definition) is 1. The summed E-state index contributed by atoms with van der Waals surface area (Å²) in [5.41, 5.74) is -1.83. The van der Waals surface area contributed by atoms with Gasteiger partial charge < -0.3 is 14.5 Å². The van der Waals surface area contributed by atoms with Gasteiger partial charge in [0.15, 0.2) is 5.76 Å². The lowest BCUT2D eigenvalue weighted by molar-refractivity contribution is -0.177. The average Bonchev–Trinajstić information content (AvgIpc) is 3.08. The van der Waals surface area contributed by atoms with Crippen LogP contribution in [0.15, 0.2) is 33.4 Å². The van der Waals surface area contributed by atoms with Crippen LogP contribution in [0.3, 0.4) is 0 Å². The Morgan fingerprint density at radius 1 is 1.42 bits per heavy atom. The molecule has 2 atom stereocenters. The average molecular weight is 406 g/mol. The summed E-state index contributed by atoms with van der Waals surface area (Å²) in [5, 5.41) is 14.2. The maximum absolute atomic E-state index is 13.0. The summed E-state index contributed by atoms with van der Waals surface area (Å²) >= 11 is 3.19. The third-order valence-corrected chi connectivity index (χ3v) is 4.35. The first-order valence-electron chi connectivity index (χ1n) is 6.79. The number of hydrogen-bond acceptors (Lipinski definition) is 5. The van der Waals surface area contributed by atoms with Gasteiger partial charge in [0, 0.05) is 19.5 Å². The minimum Gasteiger partial charge on any atom is -0.373 e. The van der Waals surface area contributed by atoms with Crippen LogP contribution in [0.25, 0.3) is 11.4 Å². The van der Waals surface area contributed by atoms with E-state index in [4.69, 9.17) is 4.52 Å². The summed E-state index contributed by atoms with van der Waals surface area (Å²) < 4.78 is 44.5. The van der Waals surface area contributed by atoms with Gasteiger partial charge in [0.2, 0.25) is 5.60 Å². The van der Waals surface area contributed by atoms with Gasteiger partial charge in [-0.2, -0.15) is 13.2 Å². The van der Waals surface area contributed by atoms with Crippen molar-refractivity contribution in [2.45, 2.75) is 24.2 Å². The van der Waals surface area contributed by atoms with E-state index in [0.717, 1.165) is 7.05 Å². The van der Waals surface area contributed by atoms with Crippen LogP contribution in [-0.4, -0.2) is 45.3 Å². The molecule has 1 amide bonds. The molecule has 2 aromatic rings. The zero-order chi connectivity index (χ0) is 17.7. The van der Waals surface area contributed by atoms with Crippen LogP contribution < -0.4 is 0 Å². The maximum Gasteiger partial charge on any atom is 0.408 e. The molecular formula is C14H11BrF3N3O3. The molecule has 0 unspecified atom stereocenters. The van der Waals surface area contributed by atoms with Gasteiger partial charge in [0.05, 0.1) is 5.69 Å². The lowest BCUT2D eigenvalue weighted by Gasteiger charge is -2.21. The molecule has 0 spiro atoms. The summed E-state index contributed by atoms with van der Waals surface area (Å²) in [6.45, 7) is 0. The highest BCUT2D eigenvalue weighted by molar-refractivity contribution is 9.10. The maximum atomic E-state index is 13.0. The summed E-state index contributed by atoms with van der Waals surface area (Å²) in [6.07, 6.45) is -5.50. The molecule has 24 heavy (non-hydrogen) atoms. The molecule has 1 saturated heterocycles. The topological polar surface area (TPSA) is 79.5 Å². The number of aromatic nitrogens is 2. The molecule has 0 aliphatic carbocycles. The summed E-state index contributed by atoms with van der Waals surface area (Å²) in [5.74, 6) is -1.43. The number of carbonyl (C=O) groups is 1. The van der Waals surface area contributed by atoms with Crippen molar-refractivity contribution < 1.29 is 27.6 Å². The number of likely N-dealkylation sites (N-methyl/N-ethyl adjacent to an activating group) is 1. The standard InChI is InChI=1S/C14H11BrF3N3O3/c1-21-9(14(16,17)18)6-13(23,12(21)22)10-5-8(20-24-10)7-3-2-4-11(15)19-7/h2-5,9,23H,6H2,1H3/t9-,13+/m0/s1. The predicted octanol–water partition coefficient (Wildman–Crippen LogP) is 2.48. The Balaban J connectivity index is 1.96. The van der Waals surface area contributed by atoms with Crippen molar-refractivity contribution in [2.24, 2.45) is 0 Å². The second-order valence-corrected chi connectivity index (χ2v) is 6.27. The van der Waals surface area contributed by atoms with Gasteiger partial charge >= 0.3 is 6.18 Å². The summed E-state index contributed by atoms with van der Waals surface area (Å²) in [4.78, 5) is 16.8. The molecule has 1 aliphatic rings. The zero-order valence-electron chi connectivity index (χ0n) is 12.2. The Morgan fingerprint density at radius 3 is 2.71 bits per heavy atom. The number of halogens is 4. The zero-order valence-corrected chi connectivity index (χ0v) is 13.8. The number of likely N-dealkylation sites (tertiary alicyclic amines) is 1. The van der Waals surface area contributed by atoms with E-state index < -0.39 is 30.1 Å². The minimum atomic E-state index is -4.65. The molecule has 0 saturated carbocycles. The molecule has 1 aliphatic heterocycles. The number of amides is 1. The van der Waals surface area contributed by atoms with E-state index in [1.807, 2.05) is 0 Å². The molecule has 6 nitrogen and oxygen atoms in total. The first kappa shape index (κ1) is 16.9. The van der Waals surface area contributed by atoms with Crippen molar-refractivity contribution in [1.82, 2.24) is 15.0 Å². The highest BCUT2D eigenvalue weighted by atomic mass is 79.9. The fourth-order valence-corrected chi connectivity index (χ4v) is 2.96.